The Labute approximate surface area is 102 Å². The number of rotatable bonds is 2. The number of aromatic nitrogens is 2. The summed E-state index contributed by atoms with van der Waals surface area (Å²) in [5, 5.41) is 0.117. The van der Waals surface area contributed by atoms with Crippen molar-refractivity contribution in [2.24, 2.45) is 0 Å². The summed E-state index contributed by atoms with van der Waals surface area (Å²) < 4.78 is 18.9. The molecule has 88 valence electrons. The Kier molecular flexibility index (Phi) is 3.10. The van der Waals surface area contributed by atoms with Crippen molar-refractivity contribution in [2.75, 3.05) is 7.11 Å². The molecule has 0 unspecified atom stereocenters. The average molecular weight is 255 g/mol. The zero-order valence-electron chi connectivity index (χ0n) is 8.85. The standard InChI is InChI=1S/C11H8ClFN2O2/c1-17-11(16)9-3-2-4-15(9)10-8(12)5-7(13)6-14-10/h2-6H,1H3. The maximum Gasteiger partial charge on any atom is 0.355 e. The molecule has 0 N–H and O–H groups in total. The van der Waals surface area contributed by atoms with Crippen LogP contribution in [0.15, 0.2) is 30.6 Å². The summed E-state index contributed by atoms with van der Waals surface area (Å²) in [5.74, 6) is -0.777. The van der Waals surface area contributed by atoms with E-state index in [-0.39, 0.29) is 16.5 Å². The van der Waals surface area contributed by atoms with Crippen molar-refractivity contribution in [2.45, 2.75) is 0 Å². The Balaban J connectivity index is 2.53. The van der Waals surface area contributed by atoms with Crippen LogP contribution in [0.4, 0.5) is 4.39 Å². The lowest BCUT2D eigenvalue weighted by molar-refractivity contribution is 0.0591. The van der Waals surface area contributed by atoms with Gasteiger partial charge in [0.05, 0.1) is 18.3 Å². The lowest BCUT2D eigenvalue weighted by atomic mass is 10.4. The van der Waals surface area contributed by atoms with Crippen LogP contribution in [0.5, 0.6) is 0 Å². The Bertz CT molecular complexity index is 568. The van der Waals surface area contributed by atoms with Crippen LogP contribution >= 0.6 is 11.6 Å². The quantitative estimate of drug-likeness (QED) is 0.773. The van der Waals surface area contributed by atoms with E-state index in [0.717, 1.165) is 12.3 Å². The summed E-state index contributed by atoms with van der Waals surface area (Å²) in [6.45, 7) is 0. The SMILES string of the molecule is COC(=O)c1cccn1-c1ncc(F)cc1Cl. The van der Waals surface area contributed by atoms with E-state index in [1.54, 1.807) is 18.3 Å². The summed E-state index contributed by atoms with van der Waals surface area (Å²) >= 11 is 5.87. The molecule has 0 saturated heterocycles. The van der Waals surface area contributed by atoms with E-state index in [0.29, 0.717) is 0 Å². The van der Waals surface area contributed by atoms with E-state index in [4.69, 9.17) is 11.6 Å². The number of carbonyl (C=O) groups is 1. The van der Waals surface area contributed by atoms with Crippen molar-refractivity contribution in [3.8, 4) is 5.82 Å². The molecule has 0 spiro atoms. The topological polar surface area (TPSA) is 44.1 Å². The molecule has 0 saturated carbocycles. The molecule has 0 amide bonds. The van der Waals surface area contributed by atoms with Gasteiger partial charge in [-0.3, -0.25) is 4.57 Å². The first-order valence-corrected chi connectivity index (χ1v) is 5.08. The van der Waals surface area contributed by atoms with Crippen molar-refractivity contribution >= 4 is 17.6 Å². The largest absolute Gasteiger partial charge is 0.464 e. The van der Waals surface area contributed by atoms with Crippen molar-refractivity contribution in [3.63, 3.8) is 0 Å². The minimum absolute atomic E-state index is 0.117. The molecule has 2 aromatic rings. The smallest absolute Gasteiger partial charge is 0.355 e. The second kappa shape index (κ2) is 4.55. The van der Waals surface area contributed by atoms with Crippen LogP contribution in [-0.4, -0.2) is 22.6 Å². The molecular weight excluding hydrogens is 247 g/mol. The summed E-state index contributed by atoms with van der Waals surface area (Å²) in [5.41, 5.74) is 0.272. The third kappa shape index (κ3) is 2.14. The van der Waals surface area contributed by atoms with Gasteiger partial charge in [-0.25, -0.2) is 14.2 Å². The fourth-order valence-electron chi connectivity index (χ4n) is 1.42. The first-order chi connectivity index (χ1) is 8.13. The highest BCUT2D eigenvalue weighted by Gasteiger charge is 2.15. The number of pyridine rings is 1. The van der Waals surface area contributed by atoms with Gasteiger partial charge in [0, 0.05) is 6.20 Å². The molecular formula is C11H8ClFN2O2. The summed E-state index contributed by atoms with van der Waals surface area (Å²) in [4.78, 5) is 15.3. The first-order valence-electron chi connectivity index (χ1n) is 4.70. The number of methoxy groups -OCH3 is 1. The minimum atomic E-state index is -0.537. The van der Waals surface area contributed by atoms with E-state index >= 15 is 0 Å². The molecule has 2 heterocycles. The number of carbonyl (C=O) groups excluding carboxylic acids is 1. The van der Waals surface area contributed by atoms with Crippen LogP contribution in [0.25, 0.3) is 5.82 Å². The molecule has 0 atom stereocenters. The fraction of sp³-hybridized carbons (Fsp3) is 0.0909. The van der Waals surface area contributed by atoms with E-state index in [1.807, 2.05) is 0 Å². The number of nitrogens with zero attached hydrogens (tertiary/aromatic N) is 2. The van der Waals surface area contributed by atoms with E-state index in [9.17, 15) is 9.18 Å². The number of ether oxygens (including phenoxy) is 1. The third-order valence-corrected chi connectivity index (χ3v) is 2.44. The van der Waals surface area contributed by atoms with Crippen LogP contribution < -0.4 is 0 Å². The second-order valence-electron chi connectivity index (χ2n) is 3.21. The minimum Gasteiger partial charge on any atom is -0.464 e. The Morgan fingerprint density at radius 1 is 1.59 bits per heavy atom. The molecule has 0 bridgehead atoms. The fourth-order valence-corrected chi connectivity index (χ4v) is 1.67. The van der Waals surface area contributed by atoms with Gasteiger partial charge in [0.25, 0.3) is 0 Å². The number of esters is 1. The average Bonchev–Trinajstić information content (AvgIpc) is 2.77. The number of hydrogen-bond donors (Lipinski definition) is 0. The van der Waals surface area contributed by atoms with Crippen molar-refractivity contribution in [3.05, 3.63) is 47.1 Å². The lowest BCUT2D eigenvalue weighted by Gasteiger charge is -2.08. The van der Waals surface area contributed by atoms with Crippen molar-refractivity contribution < 1.29 is 13.9 Å². The van der Waals surface area contributed by atoms with Gasteiger partial charge < -0.3 is 4.74 Å². The third-order valence-electron chi connectivity index (χ3n) is 2.16. The van der Waals surface area contributed by atoms with Gasteiger partial charge in [-0.05, 0) is 18.2 Å². The molecule has 0 aromatic carbocycles. The Morgan fingerprint density at radius 3 is 3.00 bits per heavy atom. The van der Waals surface area contributed by atoms with Crippen LogP contribution in [0.2, 0.25) is 5.02 Å². The maximum absolute atomic E-state index is 12.9. The Morgan fingerprint density at radius 2 is 2.35 bits per heavy atom. The van der Waals surface area contributed by atoms with Crippen LogP contribution in [0.3, 0.4) is 0 Å². The zero-order chi connectivity index (χ0) is 12.4. The van der Waals surface area contributed by atoms with Gasteiger partial charge in [-0.15, -0.1) is 0 Å². The van der Waals surface area contributed by atoms with Crippen molar-refractivity contribution in [1.29, 1.82) is 0 Å². The highest BCUT2D eigenvalue weighted by Crippen LogP contribution is 2.21. The zero-order valence-corrected chi connectivity index (χ0v) is 9.61. The van der Waals surface area contributed by atoms with Gasteiger partial charge in [-0.2, -0.15) is 0 Å². The predicted molar refractivity (Wildman–Crippen MR) is 59.9 cm³/mol. The Hall–Kier alpha value is -1.88. The highest BCUT2D eigenvalue weighted by atomic mass is 35.5. The van der Waals surface area contributed by atoms with Crippen LogP contribution in [-0.2, 0) is 4.74 Å². The van der Waals surface area contributed by atoms with Crippen LogP contribution in [0.1, 0.15) is 10.5 Å². The van der Waals surface area contributed by atoms with Gasteiger partial charge in [0.15, 0.2) is 5.82 Å². The summed E-state index contributed by atoms with van der Waals surface area (Å²) in [6, 6.07) is 4.34. The molecule has 0 aliphatic heterocycles. The summed E-state index contributed by atoms with van der Waals surface area (Å²) in [6.07, 6.45) is 2.63. The molecule has 6 heteroatoms. The first kappa shape index (κ1) is 11.6. The van der Waals surface area contributed by atoms with Crippen LogP contribution in [0, 0.1) is 5.82 Å². The molecule has 0 aliphatic carbocycles. The van der Waals surface area contributed by atoms with Gasteiger partial charge in [0.2, 0.25) is 0 Å². The molecule has 4 nitrogen and oxygen atoms in total. The molecule has 2 rings (SSSR count). The normalized spacial score (nSPS) is 10.3. The highest BCUT2D eigenvalue weighted by molar-refractivity contribution is 6.32. The molecule has 0 aliphatic rings. The summed E-state index contributed by atoms with van der Waals surface area (Å²) in [7, 11) is 1.28. The molecule has 0 fully saturated rings. The van der Waals surface area contributed by atoms with E-state index in [1.165, 1.54) is 11.7 Å². The number of hydrogen-bond acceptors (Lipinski definition) is 3. The van der Waals surface area contributed by atoms with Crippen molar-refractivity contribution in [1.82, 2.24) is 9.55 Å². The monoisotopic (exact) mass is 254 g/mol. The van der Waals surface area contributed by atoms with Gasteiger partial charge >= 0.3 is 5.97 Å². The molecule has 0 radical (unpaired) electrons. The second-order valence-corrected chi connectivity index (χ2v) is 3.62. The predicted octanol–water partition coefficient (Wildman–Crippen LogP) is 2.45. The maximum atomic E-state index is 12.9. The van der Waals surface area contributed by atoms with E-state index in [2.05, 4.69) is 9.72 Å². The van der Waals surface area contributed by atoms with Gasteiger partial charge in [0.1, 0.15) is 11.5 Å². The molecule has 17 heavy (non-hydrogen) atoms. The molecule has 2 aromatic heterocycles. The van der Waals surface area contributed by atoms with Gasteiger partial charge in [-0.1, -0.05) is 11.6 Å². The number of halogens is 2. The van der Waals surface area contributed by atoms with E-state index < -0.39 is 11.8 Å². The lowest BCUT2D eigenvalue weighted by Crippen LogP contribution is -2.10.